The van der Waals surface area contributed by atoms with Crippen molar-refractivity contribution >= 4 is 11.8 Å². The lowest BCUT2D eigenvalue weighted by molar-refractivity contribution is 0.0318. The smallest absolute Gasteiger partial charge is 0.338 e. The van der Waals surface area contributed by atoms with E-state index in [9.17, 15) is 9.59 Å². The molecule has 0 fully saturated rings. The Kier molecular flexibility index (Phi) is 4.28. The molecule has 0 aromatic heterocycles. The number of ketones is 1. The molecular formula is C18H16O5. The molecule has 0 bridgehead atoms. The summed E-state index contributed by atoms with van der Waals surface area (Å²) in [6, 6.07) is 13.6. The second-order valence-electron chi connectivity index (χ2n) is 5.14. The van der Waals surface area contributed by atoms with Gasteiger partial charge in [-0.2, -0.15) is 0 Å². The number of hydrogen-bond donors (Lipinski definition) is 0. The average molecular weight is 312 g/mol. The van der Waals surface area contributed by atoms with Gasteiger partial charge in [-0.1, -0.05) is 30.3 Å². The van der Waals surface area contributed by atoms with E-state index in [0.717, 1.165) is 0 Å². The van der Waals surface area contributed by atoms with Gasteiger partial charge in [-0.25, -0.2) is 4.79 Å². The Morgan fingerprint density at radius 2 is 1.65 bits per heavy atom. The Hall–Kier alpha value is -2.82. The molecule has 118 valence electrons. The lowest BCUT2D eigenvalue weighted by atomic mass is 10.1. The van der Waals surface area contributed by atoms with E-state index < -0.39 is 12.1 Å². The molecule has 0 amide bonds. The number of ether oxygens (including phenoxy) is 3. The summed E-state index contributed by atoms with van der Waals surface area (Å²) in [7, 11) is 0. The molecule has 0 unspecified atom stereocenters. The first-order chi connectivity index (χ1) is 11.1. The predicted molar refractivity (Wildman–Crippen MR) is 83.1 cm³/mol. The SMILES string of the molecule is C[C@H](OC(=O)c1ccc2c(c1)OCCO2)C(=O)c1ccccc1. The van der Waals surface area contributed by atoms with Crippen LogP contribution in [0.25, 0.3) is 0 Å². The first-order valence-electron chi connectivity index (χ1n) is 7.35. The highest BCUT2D eigenvalue weighted by molar-refractivity contribution is 6.01. The molecule has 2 aromatic rings. The predicted octanol–water partition coefficient (Wildman–Crippen LogP) is 2.89. The molecule has 1 aliphatic rings. The summed E-state index contributed by atoms with van der Waals surface area (Å²) >= 11 is 0. The Morgan fingerprint density at radius 3 is 2.39 bits per heavy atom. The van der Waals surface area contributed by atoms with E-state index >= 15 is 0 Å². The van der Waals surface area contributed by atoms with Crippen molar-refractivity contribution in [2.45, 2.75) is 13.0 Å². The quantitative estimate of drug-likeness (QED) is 0.641. The summed E-state index contributed by atoms with van der Waals surface area (Å²) in [5.41, 5.74) is 0.830. The number of rotatable bonds is 4. The van der Waals surface area contributed by atoms with Crippen LogP contribution in [0.4, 0.5) is 0 Å². The largest absolute Gasteiger partial charge is 0.486 e. The topological polar surface area (TPSA) is 61.8 Å². The van der Waals surface area contributed by atoms with Crippen LogP contribution in [0.2, 0.25) is 0 Å². The minimum Gasteiger partial charge on any atom is -0.486 e. The van der Waals surface area contributed by atoms with Gasteiger partial charge in [0.1, 0.15) is 13.2 Å². The van der Waals surface area contributed by atoms with E-state index in [1.54, 1.807) is 49.4 Å². The van der Waals surface area contributed by atoms with Crippen LogP contribution >= 0.6 is 0 Å². The molecule has 0 aliphatic carbocycles. The zero-order valence-corrected chi connectivity index (χ0v) is 12.7. The zero-order valence-electron chi connectivity index (χ0n) is 12.7. The lowest BCUT2D eigenvalue weighted by Crippen LogP contribution is -2.24. The molecule has 0 N–H and O–H groups in total. The van der Waals surface area contributed by atoms with Crippen LogP contribution < -0.4 is 9.47 Å². The van der Waals surface area contributed by atoms with Crippen LogP contribution in [0.15, 0.2) is 48.5 Å². The number of esters is 1. The van der Waals surface area contributed by atoms with Gasteiger partial charge in [0.2, 0.25) is 5.78 Å². The number of fused-ring (bicyclic) bond motifs is 1. The van der Waals surface area contributed by atoms with Gasteiger partial charge in [0, 0.05) is 5.56 Å². The van der Waals surface area contributed by atoms with Crippen molar-refractivity contribution in [2.75, 3.05) is 13.2 Å². The van der Waals surface area contributed by atoms with Crippen molar-refractivity contribution in [1.29, 1.82) is 0 Å². The third kappa shape index (κ3) is 3.34. The summed E-state index contributed by atoms with van der Waals surface area (Å²) < 4.78 is 16.1. The molecule has 1 heterocycles. The molecule has 0 spiro atoms. The molecule has 0 saturated carbocycles. The fourth-order valence-corrected chi connectivity index (χ4v) is 2.29. The van der Waals surface area contributed by atoms with Crippen molar-refractivity contribution in [3.05, 3.63) is 59.7 Å². The monoisotopic (exact) mass is 312 g/mol. The number of carbonyl (C=O) groups excluding carboxylic acids is 2. The molecule has 0 radical (unpaired) electrons. The van der Waals surface area contributed by atoms with Crippen LogP contribution in [-0.4, -0.2) is 31.1 Å². The maximum Gasteiger partial charge on any atom is 0.338 e. The minimum absolute atomic E-state index is 0.239. The Morgan fingerprint density at radius 1 is 0.957 bits per heavy atom. The number of hydrogen-bond acceptors (Lipinski definition) is 5. The summed E-state index contributed by atoms with van der Waals surface area (Å²) in [5, 5.41) is 0. The van der Waals surface area contributed by atoms with E-state index in [1.807, 2.05) is 6.07 Å². The highest BCUT2D eigenvalue weighted by atomic mass is 16.6. The van der Waals surface area contributed by atoms with E-state index in [-0.39, 0.29) is 5.78 Å². The van der Waals surface area contributed by atoms with E-state index in [4.69, 9.17) is 14.2 Å². The number of Topliss-reactive ketones (excluding diaryl/α,β-unsaturated/α-hetero) is 1. The fraction of sp³-hybridized carbons (Fsp3) is 0.222. The van der Waals surface area contributed by atoms with Gasteiger partial charge in [0.05, 0.1) is 5.56 Å². The summed E-state index contributed by atoms with van der Waals surface area (Å²) in [5.74, 6) is 0.296. The molecule has 3 rings (SSSR count). The van der Waals surface area contributed by atoms with E-state index in [1.165, 1.54) is 0 Å². The standard InChI is InChI=1S/C18H16O5/c1-12(17(19)13-5-3-2-4-6-13)23-18(20)14-7-8-15-16(11-14)22-10-9-21-15/h2-8,11-12H,9-10H2,1H3/t12-/m0/s1. The van der Waals surface area contributed by atoms with Crippen LogP contribution in [0.1, 0.15) is 27.6 Å². The van der Waals surface area contributed by atoms with Crippen molar-refractivity contribution < 1.29 is 23.8 Å². The first-order valence-corrected chi connectivity index (χ1v) is 7.35. The highest BCUT2D eigenvalue weighted by Crippen LogP contribution is 2.31. The van der Waals surface area contributed by atoms with Gasteiger partial charge in [0.25, 0.3) is 0 Å². The molecule has 0 saturated heterocycles. The van der Waals surface area contributed by atoms with E-state index in [0.29, 0.717) is 35.8 Å². The van der Waals surface area contributed by atoms with Crippen LogP contribution in [0.5, 0.6) is 11.5 Å². The maximum atomic E-state index is 12.2. The molecule has 1 aliphatic heterocycles. The third-order valence-electron chi connectivity index (χ3n) is 3.49. The molecule has 5 heteroatoms. The molecule has 2 aromatic carbocycles. The zero-order chi connectivity index (χ0) is 16.2. The van der Waals surface area contributed by atoms with Gasteiger partial charge in [-0.05, 0) is 25.1 Å². The van der Waals surface area contributed by atoms with Crippen LogP contribution in [0, 0.1) is 0 Å². The van der Waals surface area contributed by atoms with Crippen molar-refractivity contribution in [1.82, 2.24) is 0 Å². The van der Waals surface area contributed by atoms with Crippen LogP contribution in [0.3, 0.4) is 0 Å². The van der Waals surface area contributed by atoms with Gasteiger partial charge in [0.15, 0.2) is 17.6 Å². The molecule has 1 atom stereocenters. The second kappa shape index (κ2) is 6.52. The van der Waals surface area contributed by atoms with Gasteiger partial charge in [-0.15, -0.1) is 0 Å². The van der Waals surface area contributed by atoms with Gasteiger partial charge in [-0.3, -0.25) is 4.79 Å². The fourth-order valence-electron chi connectivity index (χ4n) is 2.29. The summed E-state index contributed by atoms with van der Waals surface area (Å²) in [6.07, 6.45) is -0.863. The lowest BCUT2D eigenvalue weighted by Gasteiger charge is -2.19. The molecule has 5 nitrogen and oxygen atoms in total. The summed E-state index contributed by atoms with van der Waals surface area (Å²) in [4.78, 5) is 24.4. The minimum atomic E-state index is -0.863. The van der Waals surface area contributed by atoms with E-state index in [2.05, 4.69) is 0 Å². The Labute approximate surface area is 133 Å². The van der Waals surface area contributed by atoms with Crippen LogP contribution in [-0.2, 0) is 4.74 Å². The van der Waals surface area contributed by atoms with Gasteiger partial charge >= 0.3 is 5.97 Å². The third-order valence-corrected chi connectivity index (χ3v) is 3.49. The van der Waals surface area contributed by atoms with Gasteiger partial charge < -0.3 is 14.2 Å². The molecular weight excluding hydrogens is 296 g/mol. The first kappa shape index (κ1) is 15.1. The Bertz CT molecular complexity index is 723. The average Bonchev–Trinajstić information content (AvgIpc) is 2.61. The second-order valence-corrected chi connectivity index (χ2v) is 5.14. The Balaban J connectivity index is 1.70. The summed E-state index contributed by atoms with van der Waals surface area (Å²) in [6.45, 7) is 2.49. The molecule has 23 heavy (non-hydrogen) atoms. The van der Waals surface area contributed by atoms with Crippen molar-refractivity contribution in [2.24, 2.45) is 0 Å². The highest BCUT2D eigenvalue weighted by Gasteiger charge is 2.21. The number of benzene rings is 2. The normalized spacial score (nSPS) is 14.0. The van der Waals surface area contributed by atoms with Crippen molar-refractivity contribution in [3.8, 4) is 11.5 Å². The van der Waals surface area contributed by atoms with Crippen molar-refractivity contribution in [3.63, 3.8) is 0 Å². The maximum absolute atomic E-state index is 12.2. The number of carbonyl (C=O) groups is 2.